The summed E-state index contributed by atoms with van der Waals surface area (Å²) >= 11 is 0. The molecule has 6 N–H and O–H groups in total. The maximum Gasteiger partial charge on any atom is 0.0523 e. The van der Waals surface area contributed by atoms with E-state index in [4.69, 9.17) is 0 Å². The summed E-state index contributed by atoms with van der Waals surface area (Å²) in [5.74, 6) is 0. The maximum absolute atomic E-state index is 10.7. The van der Waals surface area contributed by atoms with Gasteiger partial charge in [0.15, 0.2) is 0 Å². The largest absolute Gasteiger partial charge is 0.396 e. The molecule has 1 fully saturated rings. The Morgan fingerprint density at radius 2 is 0.459 bits per heavy atom. The SMILES string of the molecule is OCC1(CO)CCCCCCCCCCCCCCCCCCCCCCC(CO)(CO)C1(CO)CO. The first-order valence-electron chi connectivity index (χ1n) is 15.7. The summed E-state index contributed by atoms with van der Waals surface area (Å²) in [6.07, 6.45) is 24.7. The quantitative estimate of drug-likeness (QED) is 0.270. The minimum absolute atomic E-state index is 0.410. The van der Waals surface area contributed by atoms with Crippen molar-refractivity contribution in [1.29, 1.82) is 0 Å². The Labute approximate surface area is 227 Å². The van der Waals surface area contributed by atoms with Crippen LogP contribution in [0.15, 0.2) is 0 Å². The second kappa shape index (κ2) is 20.6. The van der Waals surface area contributed by atoms with E-state index in [0.717, 1.165) is 38.5 Å². The summed E-state index contributed by atoms with van der Waals surface area (Å²) < 4.78 is 0. The van der Waals surface area contributed by atoms with Crippen LogP contribution in [0, 0.1) is 16.2 Å². The minimum Gasteiger partial charge on any atom is -0.396 e. The van der Waals surface area contributed by atoms with Crippen molar-refractivity contribution in [3.8, 4) is 0 Å². The van der Waals surface area contributed by atoms with E-state index in [1.54, 1.807) is 0 Å². The standard InChI is InChI=1S/C31H62O6/c32-23-29(24-33)21-19-17-15-13-11-9-7-5-3-1-2-4-6-8-10-12-14-16-18-20-22-30(25-34,26-35)31(29,27-36)28-37/h32-37H,1-28H2. The van der Waals surface area contributed by atoms with Crippen molar-refractivity contribution >= 4 is 0 Å². The van der Waals surface area contributed by atoms with Crippen LogP contribution in [0.3, 0.4) is 0 Å². The molecule has 1 rings (SSSR count). The summed E-state index contributed by atoms with van der Waals surface area (Å²) in [6.45, 7) is -2.66. The molecule has 1 saturated carbocycles. The Morgan fingerprint density at radius 1 is 0.270 bits per heavy atom. The zero-order chi connectivity index (χ0) is 27.3. The van der Waals surface area contributed by atoms with Crippen molar-refractivity contribution in [2.75, 3.05) is 39.6 Å². The van der Waals surface area contributed by atoms with Crippen molar-refractivity contribution < 1.29 is 30.6 Å². The van der Waals surface area contributed by atoms with Gasteiger partial charge >= 0.3 is 0 Å². The van der Waals surface area contributed by atoms with Crippen LogP contribution in [0.25, 0.3) is 0 Å². The van der Waals surface area contributed by atoms with Crippen LogP contribution in [0.4, 0.5) is 0 Å². The third-order valence-electron chi connectivity index (χ3n) is 9.84. The van der Waals surface area contributed by atoms with Crippen molar-refractivity contribution in [2.45, 2.75) is 141 Å². The molecule has 0 unspecified atom stereocenters. The molecule has 6 heteroatoms. The molecule has 6 nitrogen and oxygen atoms in total. The maximum atomic E-state index is 10.7. The normalized spacial score (nSPS) is 24.5. The van der Waals surface area contributed by atoms with Crippen LogP contribution in [0.2, 0.25) is 0 Å². The molecule has 0 aromatic carbocycles. The lowest BCUT2D eigenvalue weighted by Gasteiger charge is -2.57. The summed E-state index contributed by atoms with van der Waals surface area (Å²) in [4.78, 5) is 0. The highest BCUT2D eigenvalue weighted by atomic mass is 16.3. The molecular formula is C31H62O6. The Hall–Kier alpha value is -0.240. The lowest BCUT2D eigenvalue weighted by atomic mass is 9.49. The van der Waals surface area contributed by atoms with Gasteiger partial charge in [-0.1, -0.05) is 128 Å². The van der Waals surface area contributed by atoms with E-state index in [-0.39, 0.29) is 0 Å². The van der Waals surface area contributed by atoms with Crippen molar-refractivity contribution in [3.05, 3.63) is 0 Å². The van der Waals surface area contributed by atoms with Gasteiger partial charge in [-0.2, -0.15) is 0 Å². The molecule has 0 radical (unpaired) electrons. The van der Waals surface area contributed by atoms with Crippen LogP contribution in [0.1, 0.15) is 141 Å². The molecule has 0 aromatic rings. The third-order valence-corrected chi connectivity index (χ3v) is 9.84. The fourth-order valence-electron chi connectivity index (χ4n) is 6.89. The first-order chi connectivity index (χ1) is 18.1. The highest BCUT2D eigenvalue weighted by Gasteiger charge is 2.61. The van der Waals surface area contributed by atoms with Gasteiger partial charge in [0.25, 0.3) is 0 Å². The van der Waals surface area contributed by atoms with Crippen LogP contribution < -0.4 is 0 Å². The molecule has 1 aliphatic rings. The van der Waals surface area contributed by atoms with Crippen molar-refractivity contribution in [1.82, 2.24) is 0 Å². The Bertz CT molecular complexity index is 472. The molecule has 0 atom stereocenters. The molecule has 222 valence electrons. The molecule has 1 aliphatic carbocycles. The van der Waals surface area contributed by atoms with Gasteiger partial charge in [0, 0.05) is 16.2 Å². The van der Waals surface area contributed by atoms with Gasteiger partial charge in [0.1, 0.15) is 0 Å². The number of aliphatic hydroxyl groups excluding tert-OH is 6. The van der Waals surface area contributed by atoms with Crippen LogP contribution in [-0.2, 0) is 0 Å². The van der Waals surface area contributed by atoms with Crippen molar-refractivity contribution in [2.24, 2.45) is 16.2 Å². The lowest BCUT2D eigenvalue weighted by molar-refractivity contribution is -0.214. The molecule has 0 saturated heterocycles. The van der Waals surface area contributed by atoms with Gasteiger partial charge in [0.2, 0.25) is 0 Å². The Morgan fingerprint density at radius 3 is 0.622 bits per heavy atom. The first kappa shape index (κ1) is 34.8. The fraction of sp³-hybridized carbons (Fsp3) is 1.00. The Kier molecular flexibility index (Phi) is 19.4. The number of hydrogen-bond donors (Lipinski definition) is 6. The summed E-state index contributed by atoms with van der Waals surface area (Å²) in [5.41, 5.74) is -3.76. The number of aliphatic hydroxyl groups is 6. The zero-order valence-corrected chi connectivity index (χ0v) is 24.0. The van der Waals surface area contributed by atoms with E-state index >= 15 is 0 Å². The van der Waals surface area contributed by atoms with E-state index in [0.29, 0.717) is 12.8 Å². The molecule has 37 heavy (non-hydrogen) atoms. The van der Waals surface area contributed by atoms with Crippen LogP contribution in [-0.4, -0.2) is 70.3 Å². The predicted octanol–water partition coefficient (Wildman–Crippen LogP) is 5.50. The van der Waals surface area contributed by atoms with Gasteiger partial charge < -0.3 is 30.6 Å². The van der Waals surface area contributed by atoms with Crippen LogP contribution in [0.5, 0.6) is 0 Å². The molecule has 0 bridgehead atoms. The van der Waals surface area contributed by atoms with E-state index in [9.17, 15) is 30.6 Å². The molecule has 0 aliphatic heterocycles. The van der Waals surface area contributed by atoms with Gasteiger partial charge in [-0.05, 0) is 12.8 Å². The monoisotopic (exact) mass is 530 g/mol. The first-order valence-corrected chi connectivity index (χ1v) is 15.7. The van der Waals surface area contributed by atoms with Gasteiger partial charge in [0.05, 0.1) is 39.6 Å². The van der Waals surface area contributed by atoms with Gasteiger partial charge in [-0.25, -0.2) is 0 Å². The minimum atomic E-state index is -1.39. The number of hydrogen-bond acceptors (Lipinski definition) is 6. The number of rotatable bonds is 6. The summed E-state index contributed by atoms with van der Waals surface area (Å²) in [6, 6.07) is 0. The zero-order valence-electron chi connectivity index (χ0n) is 24.0. The van der Waals surface area contributed by atoms with Gasteiger partial charge in [-0.3, -0.25) is 0 Å². The Balaban J connectivity index is 2.94. The van der Waals surface area contributed by atoms with Crippen LogP contribution >= 0.6 is 0 Å². The summed E-state index contributed by atoms with van der Waals surface area (Å²) in [7, 11) is 0. The molecule has 0 heterocycles. The third kappa shape index (κ3) is 10.3. The molecule has 0 spiro atoms. The van der Waals surface area contributed by atoms with E-state index in [1.165, 1.54) is 89.9 Å². The second-order valence-electron chi connectivity index (χ2n) is 12.2. The average Bonchev–Trinajstić information content (AvgIpc) is 2.93. The molecular weight excluding hydrogens is 468 g/mol. The van der Waals surface area contributed by atoms with Crippen molar-refractivity contribution in [3.63, 3.8) is 0 Å². The smallest absolute Gasteiger partial charge is 0.0523 e. The second-order valence-corrected chi connectivity index (χ2v) is 12.2. The highest BCUT2D eigenvalue weighted by molar-refractivity contribution is 5.08. The lowest BCUT2D eigenvalue weighted by Crippen LogP contribution is -2.64. The van der Waals surface area contributed by atoms with E-state index in [2.05, 4.69) is 0 Å². The topological polar surface area (TPSA) is 121 Å². The molecule has 0 amide bonds. The van der Waals surface area contributed by atoms with E-state index in [1.807, 2.05) is 0 Å². The van der Waals surface area contributed by atoms with Gasteiger partial charge in [-0.15, -0.1) is 0 Å². The highest BCUT2D eigenvalue weighted by Crippen LogP contribution is 2.56. The average molecular weight is 531 g/mol. The fourth-order valence-corrected chi connectivity index (χ4v) is 6.89. The van der Waals surface area contributed by atoms with E-state index < -0.39 is 55.9 Å². The summed E-state index contributed by atoms with van der Waals surface area (Å²) in [5, 5.41) is 63.5. The molecule has 0 aromatic heterocycles. The predicted molar refractivity (Wildman–Crippen MR) is 151 cm³/mol.